The molecule has 0 spiro atoms. The minimum absolute atomic E-state index is 0.0470. The molecule has 0 bridgehead atoms. The highest BCUT2D eigenvalue weighted by atomic mass is 16.3. The van der Waals surface area contributed by atoms with Crippen molar-refractivity contribution in [2.24, 2.45) is 5.41 Å². The van der Waals surface area contributed by atoms with Gasteiger partial charge in [0.15, 0.2) is 5.78 Å². The molecule has 0 aliphatic heterocycles. The summed E-state index contributed by atoms with van der Waals surface area (Å²) in [6.07, 6.45) is 3.68. The standard InChI is InChI=1S/C17H26N2O2/c1-12(20)14-10-13(4-5-15(14)18)19-11-17(21)8-6-16(2,3)7-9-17/h4-5,10,19,21H,6-9,11,18H2,1-3H3. The second-order valence-corrected chi connectivity index (χ2v) is 7.10. The van der Waals surface area contributed by atoms with Gasteiger partial charge in [-0.25, -0.2) is 0 Å². The summed E-state index contributed by atoms with van der Waals surface area (Å²) in [5, 5.41) is 13.9. The number of benzene rings is 1. The number of anilines is 2. The van der Waals surface area contributed by atoms with Crippen molar-refractivity contribution >= 4 is 17.2 Å². The Balaban J connectivity index is 2.00. The van der Waals surface area contributed by atoms with E-state index in [1.54, 1.807) is 12.1 Å². The van der Waals surface area contributed by atoms with Gasteiger partial charge in [-0.3, -0.25) is 4.79 Å². The maximum absolute atomic E-state index is 11.5. The Hall–Kier alpha value is -1.55. The molecule has 1 fully saturated rings. The fourth-order valence-corrected chi connectivity index (χ4v) is 2.81. The lowest BCUT2D eigenvalue weighted by Crippen LogP contribution is -2.42. The highest BCUT2D eigenvalue weighted by Gasteiger charge is 2.36. The molecule has 1 aliphatic carbocycles. The molecule has 0 unspecified atom stereocenters. The van der Waals surface area contributed by atoms with Gasteiger partial charge >= 0.3 is 0 Å². The highest BCUT2D eigenvalue weighted by Crippen LogP contribution is 2.40. The van der Waals surface area contributed by atoms with Crippen molar-refractivity contribution in [2.45, 2.75) is 52.1 Å². The average Bonchev–Trinajstić information content (AvgIpc) is 2.42. The van der Waals surface area contributed by atoms with Crippen LogP contribution in [-0.4, -0.2) is 23.0 Å². The van der Waals surface area contributed by atoms with Crippen LogP contribution in [0.2, 0.25) is 0 Å². The predicted molar refractivity (Wildman–Crippen MR) is 86.5 cm³/mol. The summed E-state index contributed by atoms with van der Waals surface area (Å²) >= 11 is 0. The molecule has 1 aromatic rings. The number of ketones is 1. The first-order chi connectivity index (χ1) is 9.71. The number of hydrogen-bond donors (Lipinski definition) is 3. The number of hydrogen-bond acceptors (Lipinski definition) is 4. The van der Waals surface area contributed by atoms with Crippen molar-refractivity contribution in [1.29, 1.82) is 0 Å². The number of rotatable bonds is 4. The van der Waals surface area contributed by atoms with Crippen LogP contribution in [-0.2, 0) is 0 Å². The number of nitrogens with one attached hydrogen (secondary N) is 1. The second kappa shape index (κ2) is 5.68. The summed E-state index contributed by atoms with van der Waals surface area (Å²) in [6.45, 7) is 6.51. The molecule has 21 heavy (non-hydrogen) atoms. The van der Waals surface area contributed by atoms with Crippen molar-refractivity contribution in [1.82, 2.24) is 0 Å². The molecule has 0 saturated heterocycles. The summed E-state index contributed by atoms with van der Waals surface area (Å²) in [4.78, 5) is 11.5. The van der Waals surface area contributed by atoms with E-state index in [2.05, 4.69) is 19.2 Å². The second-order valence-electron chi connectivity index (χ2n) is 7.10. The molecule has 0 aromatic heterocycles. The molecule has 0 amide bonds. The largest absolute Gasteiger partial charge is 0.398 e. The first-order valence-electron chi connectivity index (χ1n) is 7.58. The number of nitrogens with two attached hydrogens (primary N) is 1. The van der Waals surface area contributed by atoms with Crippen LogP contribution < -0.4 is 11.1 Å². The van der Waals surface area contributed by atoms with Gasteiger partial charge in [-0.2, -0.15) is 0 Å². The van der Waals surface area contributed by atoms with Crippen LogP contribution in [0.25, 0.3) is 0 Å². The molecular weight excluding hydrogens is 264 g/mol. The average molecular weight is 290 g/mol. The highest BCUT2D eigenvalue weighted by molar-refractivity contribution is 6.00. The van der Waals surface area contributed by atoms with Crippen LogP contribution in [0.1, 0.15) is 56.8 Å². The lowest BCUT2D eigenvalue weighted by atomic mass is 9.71. The number of Topliss-reactive ketones (excluding diaryl/α,β-unsaturated/α-hetero) is 1. The topological polar surface area (TPSA) is 75.3 Å². The van der Waals surface area contributed by atoms with Gasteiger partial charge < -0.3 is 16.2 Å². The minimum Gasteiger partial charge on any atom is -0.398 e. The van der Waals surface area contributed by atoms with Crippen molar-refractivity contribution in [3.8, 4) is 0 Å². The molecule has 116 valence electrons. The van der Waals surface area contributed by atoms with Crippen molar-refractivity contribution in [3.05, 3.63) is 23.8 Å². The fourth-order valence-electron chi connectivity index (χ4n) is 2.81. The normalized spacial score (nSPS) is 20.0. The van der Waals surface area contributed by atoms with E-state index in [9.17, 15) is 9.90 Å². The molecule has 1 aromatic carbocycles. The maximum Gasteiger partial charge on any atom is 0.161 e. The molecule has 1 aliphatic rings. The first-order valence-corrected chi connectivity index (χ1v) is 7.58. The Kier molecular flexibility index (Phi) is 4.28. The van der Waals surface area contributed by atoms with Gasteiger partial charge in [0.25, 0.3) is 0 Å². The Labute approximate surface area is 126 Å². The molecule has 0 heterocycles. The summed E-state index contributed by atoms with van der Waals surface area (Å²) in [5.41, 5.74) is 7.30. The molecule has 1 saturated carbocycles. The van der Waals surface area contributed by atoms with Crippen LogP contribution in [0.15, 0.2) is 18.2 Å². The monoisotopic (exact) mass is 290 g/mol. The van der Waals surface area contributed by atoms with E-state index in [4.69, 9.17) is 5.73 Å². The fraction of sp³-hybridized carbons (Fsp3) is 0.588. The predicted octanol–water partition coefficient (Wildman–Crippen LogP) is 3.21. The molecule has 0 radical (unpaired) electrons. The maximum atomic E-state index is 11.5. The van der Waals surface area contributed by atoms with Crippen molar-refractivity contribution in [2.75, 3.05) is 17.6 Å². The number of carbonyl (C=O) groups excluding carboxylic acids is 1. The number of aliphatic hydroxyl groups is 1. The van der Waals surface area contributed by atoms with Crippen LogP contribution in [0.3, 0.4) is 0 Å². The number of carbonyl (C=O) groups is 1. The third-order valence-electron chi connectivity index (χ3n) is 4.59. The van der Waals surface area contributed by atoms with Crippen molar-refractivity contribution < 1.29 is 9.90 Å². The van der Waals surface area contributed by atoms with Gasteiger partial charge in [0.05, 0.1) is 5.60 Å². The molecule has 4 nitrogen and oxygen atoms in total. The minimum atomic E-state index is -0.659. The van der Waals surface area contributed by atoms with Crippen LogP contribution in [0.5, 0.6) is 0 Å². The Morgan fingerprint density at radius 3 is 2.48 bits per heavy atom. The van der Waals surface area contributed by atoms with E-state index < -0.39 is 5.60 Å². The summed E-state index contributed by atoms with van der Waals surface area (Å²) in [7, 11) is 0. The molecule has 4 N–H and O–H groups in total. The zero-order chi connectivity index (χ0) is 15.7. The quantitative estimate of drug-likeness (QED) is 0.588. The third-order valence-corrected chi connectivity index (χ3v) is 4.59. The van der Waals surface area contributed by atoms with E-state index in [-0.39, 0.29) is 5.78 Å². The summed E-state index contributed by atoms with van der Waals surface area (Å²) in [6, 6.07) is 5.33. The molecule has 4 heteroatoms. The van der Waals surface area contributed by atoms with Crippen molar-refractivity contribution in [3.63, 3.8) is 0 Å². The Bertz CT molecular complexity index is 528. The van der Waals surface area contributed by atoms with Gasteiger partial charge in [0.1, 0.15) is 0 Å². The van der Waals surface area contributed by atoms with Gasteiger partial charge in [-0.05, 0) is 56.2 Å². The zero-order valence-corrected chi connectivity index (χ0v) is 13.2. The third kappa shape index (κ3) is 3.97. The smallest absolute Gasteiger partial charge is 0.161 e. The Morgan fingerprint density at radius 1 is 1.29 bits per heavy atom. The van der Waals surface area contributed by atoms with Crippen LogP contribution in [0, 0.1) is 5.41 Å². The molecule has 0 atom stereocenters. The van der Waals surface area contributed by atoms with E-state index in [0.717, 1.165) is 31.4 Å². The van der Waals surface area contributed by atoms with Gasteiger partial charge in [-0.1, -0.05) is 13.8 Å². The molecule has 2 rings (SSSR count). The summed E-state index contributed by atoms with van der Waals surface area (Å²) in [5.74, 6) is -0.0470. The lowest BCUT2D eigenvalue weighted by molar-refractivity contribution is -0.0145. The zero-order valence-electron chi connectivity index (χ0n) is 13.2. The van der Waals surface area contributed by atoms with Crippen LogP contribution in [0.4, 0.5) is 11.4 Å². The van der Waals surface area contributed by atoms with Crippen LogP contribution >= 0.6 is 0 Å². The SMILES string of the molecule is CC(=O)c1cc(NCC2(O)CCC(C)(C)CC2)ccc1N. The van der Waals surface area contributed by atoms with Gasteiger partial charge in [0.2, 0.25) is 0 Å². The van der Waals surface area contributed by atoms with Gasteiger partial charge in [-0.15, -0.1) is 0 Å². The van der Waals surface area contributed by atoms with E-state index in [1.807, 2.05) is 6.07 Å². The lowest BCUT2D eigenvalue weighted by Gasteiger charge is -2.40. The summed E-state index contributed by atoms with van der Waals surface area (Å²) < 4.78 is 0. The van der Waals surface area contributed by atoms with E-state index >= 15 is 0 Å². The van der Waals surface area contributed by atoms with E-state index in [0.29, 0.717) is 23.2 Å². The number of nitrogen functional groups attached to an aromatic ring is 1. The van der Waals surface area contributed by atoms with Gasteiger partial charge in [0, 0.05) is 23.5 Å². The van der Waals surface area contributed by atoms with E-state index in [1.165, 1.54) is 6.92 Å². The molecular formula is C17H26N2O2. The Morgan fingerprint density at radius 2 is 1.90 bits per heavy atom. The first kappa shape index (κ1) is 15.8.